The number of nitrogens with zero attached hydrogens (tertiary/aromatic N) is 2. The minimum Gasteiger partial charge on any atom is -0.481 e. The van der Waals surface area contributed by atoms with E-state index in [1.165, 1.54) is 0 Å². The molecule has 2 atom stereocenters. The Bertz CT molecular complexity index is 556. The first-order valence-corrected chi connectivity index (χ1v) is 7.60. The van der Waals surface area contributed by atoms with Crippen molar-refractivity contribution in [1.29, 1.82) is 10.8 Å². The molecule has 12 heteroatoms. The summed E-state index contributed by atoms with van der Waals surface area (Å²) in [5.74, 6) is -4.01. The molecule has 0 saturated carbocycles. The summed E-state index contributed by atoms with van der Waals surface area (Å²) in [5.41, 5.74) is 0. The average molecular weight is 346 g/mol. The van der Waals surface area contributed by atoms with Gasteiger partial charge in [0.15, 0.2) is 10.3 Å². The van der Waals surface area contributed by atoms with Crippen LogP contribution in [0.5, 0.6) is 0 Å². The van der Waals surface area contributed by atoms with Crippen molar-refractivity contribution in [2.75, 3.05) is 0 Å². The summed E-state index contributed by atoms with van der Waals surface area (Å²) in [6, 6.07) is 0. The first kappa shape index (κ1) is 16.3. The summed E-state index contributed by atoms with van der Waals surface area (Å²) in [7, 11) is 0. The van der Waals surface area contributed by atoms with Gasteiger partial charge in [-0.2, -0.15) is 10.0 Å². The first-order chi connectivity index (χ1) is 10.2. The number of aliphatic carboxylic acids is 2. The molecule has 0 bridgehead atoms. The van der Waals surface area contributed by atoms with Crippen LogP contribution in [0.2, 0.25) is 0 Å². The molecule has 2 amide bonds. The molecule has 2 heterocycles. The third-order valence-corrected chi connectivity index (χ3v) is 4.88. The van der Waals surface area contributed by atoms with Gasteiger partial charge in [-0.25, -0.2) is 0 Å². The van der Waals surface area contributed by atoms with Crippen molar-refractivity contribution in [2.45, 2.75) is 23.3 Å². The van der Waals surface area contributed by atoms with Crippen LogP contribution in [0.15, 0.2) is 0 Å². The van der Waals surface area contributed by atoms with Crippen LogP contribution >= 0.6 is 23.5 Å². The first-order valence-electron chi connectivity index (χ1n) is 5.84. The Morgan fingerprint density at radius 3 is 1.50 bits per heavy atom. The van der Waals surface area contributed by atoms with Gasteiger partial charge in [-0.1, -0.05) is 23.5 Å². The normalized spacial score (nSPS) is 25.3. The molecule has 22 heavy (non-hydrogen) atoms. The lowest BCUT2D eigenvalue weighted by atomic mass is 10.2. The van der Waals surface area contributed by atoms with E-state index in [0.29, 0.717) is 33.5 Å². The van der Waals surface area contributed by atoms with Gasteiger partial charge in [0.1, 0.15) is 10.5 Å². The van der Waals surface area contributed by atoms with Crippen LogP contribution < -0.4 is 0 Å². The van der Waals surface area contributed by atoms with Gasteiger partial charge >= 0.3 is 11.9 Å². The Morgan fingerprint density at radius 2 is 1.23 bits per heavy atom. The van der Waals surface area contributed by atoms with Crippen LogP contribution in [0.25, 0.3) is 0 Å². The lowest BCUT2D eigenvalue weighted by Crippen LogP contribution is -2.50. The summed E-state index contributed by atoms with van der Waals surface area (Å²) in [6.07, 6.45) is -1.02. The molecule has 2 aliphatic rings. The fourth-order valence-corrected chi connectivity index (χ4v) is 3.83. The molecule has 0 aliphatic carbocycles. The van der Waals surface area contributed by atoms with Gasteiger partial charge in [-0.3, -0.25) is 30.0 Å². The number of carbonyl (C=O) groups is 4. The SMILES string of the molecule is N=C1SC(CC(=O)O)C(=O)N1N1C(=N)SC(CC(=O)O)C1=O. The topological polar surface area (TPSA) is 163 Å². The zero-order valence-electron chi connectivity index (χ0n) is 10.8. The minimum atomic E-state index is -1.22. The van der Waals surface area contributed by atoms with E-state index in [0.717, 1.165) is 0 Å². The molecule has 0 aromatic heterocycles. The maximum atomic E-state index is 12.1. The second-order valence-electron chi connectivity index (χ2n) is 4.32. The van der Waals surface area contributed by atoms with E-state index >= 15 is 0 Å². The molecule has 0 aromatic rings. The summed E-state index contributed by atoms with van der Waals surface area (Å²) < 4.78 is 0. The Kier molecular flexibility index (Phi) is 4.42. The predicted octanol–water partition coefficient (Wildman–Crippen LogP) is -0.392. The standard InChI is InChI=1S/C10H10N4O6S2/c11-9-13(7(19)3(21-9)1-5(15)16)14-8(20)4(2-6(17)18)22-10(14)12/h3-4,11-12H,1-2H2,(H,15,16)(H,17,18). The fraction of sp³-hybridized carbons (Fsp3) is 0.400. The van der Waals surface area contributed by atoms with E-state index in [1.54, 1.807) is 0 Å². The van der Waals surface area contributed by atoms with Gasteiger partial charge in [0, 0.05) is 0 Å². The maximum Gasteiger partial charge on any atom is 0.305 e. The van der Waals surface area contributed by atoms with E-state index < -0.39 is 47.1 Å². The van der Waals surface area contributed by atoms with Crippen LogP contribution in [0.4, 0.5) is 0 Å². The predicted molar refractivity (Wildman–Crippen MR) is 76.4 cm³/mol. The number of hydrogen-bond acceptors (Lipinski definition) is 8. The highest BCUT2D eigenvalue weighted by molar-refractivity contribution is 8.16. The number of hydrazine groups is 1. The number of nitrogens with one attached hydrogen (secondary N) is 2. The quantitative estimate of drug-likeness (QED) is 0.523. The van der Waals surface area contributed by atoms with Crippen LogP contribution in [0.1, 0.15) is 12.8 Å². The van der Waals surface area contributed by atoms with Gasteiger partial charge in [0.05, 0.1) is 12.8 Å². The van der Waals surface area contributed by atoms with E-state index in [4.69, 9.17) is 21.0 Å². The summed E-state index contributed by atoms with van der Waals surface area (Å²) in [5, 5.41) is 31.3. The molecule has 2 fully saturated rings. The highest BCUT2D eigenvalue weighted by Crippen LogP contribution is 2.36. The monoisotopic (exact) mass is 346 g/mol. The molecule has 4 N–H and O–H groups in total. The van der Waals surface area contributed by atoms with Crippen LogP contribution in [0.3, 0.4) is 0 Å². The summed E-state index contributed by atoms with van der Waals surface area (Å²) in [4.78, 5) is 45.7. The van der Waals surface area contributed by atoms with Gasteiger partial charge in [0.25, 0.3) is 11.8 Å². The smallest absolute Gasteiger partial charge is 0.305 e. The van der Waals surface area contributed by atoms with Crippen LogP contribution in [0, 0.1) is 10.8 Å². The van der Waals surface area contributed by atoms with Crippen molar-refractivity contribution in [1.82, 2.24) is 10.0 Å². The number of carbonyl (C=O) groups excluding carboxylic acids is 2. The summed E-state index contributed by atoms with van der Waals surface area (Å²) >= 11 is 1.36. The second-order valence-corrected chi connectivity index (χ2v) is 6.70. The van der Waals surface area contributed by atoms with Crippen molar-refractivity contribution in [3.8, 4) is 0 Å². The van der Waals surface area contributed by atoms with Gasteiger partial charge in [-0.15, -0.1) is 0 Å². The number of carboxylic acid groups (broad SMARTS) is 2. The number of amides is 2. The molecule has 0 radical (unpaired) electrons. The molecule has 2 saturated heterocycles. The van der Waals surface area contributed by atoms with Crippen molar-refractivity contribution in [2.24, 2.45) is 0 Å². The number of carboxylic acids is 2. The van der Waals surface area contributed by atoms with Crippen molar-refractivity contribution >= 4 is 57.6 Å². The molecule has 2 rings (SSSR count). The van der Waals surface area contributed by atoms with Crippen molar-refractivity contribution in [3.63, 3.8) is 0 Å². The molecular formula is C10H10N4O6S2. The molecule has 0 spiro atoms. The number of rotatable bonds is 5. The molecule has 2 aliphatic heterocycles. The largest absolute Gasteiger partial charge is 0.481 e. The highest BCUT2D eigenvalue weighted by atomic mass is 32.2. The van der Waals surface area contributed by atoms with Gasteiger partial charge in [0.2, 0.25) is 0 Å². The zero-order chi connectivity index (χ0) is 16.6. The third kappa shape index (κ3) is 2.92. The molecular weight excluding hydrogens is 336 g/mol. The van der Waals surface area contributed by atoms with E-state index in [1.807, 2.05) is 0 Å². The van der Waals surface area contributed by atoms with E-state index in [2.05, 4.69) is 0 Å². The van der Waals surface area contributed by atoms with Crippen LogP contribution in [-0.2, 0) is 19.2 Å². The second kappa shape index (κ2) is 5.96. The highest BCUT2D eigenvalue weighted by Gasteiger charge is 2.49. The molecule has 0 aromatic carbocycles. The fourth-order valence-electron chi connectivity index (χ4n) is 1.90. The lowest BCUT2D eigenvalue weighted by Gasteiger charge is -2.25. The Morgan fingerprint density at radius 1 is 0.909 bits per heavy atom. The van der Waals surface area contributed by atoms with Gasteiger partial charge in [-0.05, 0) is 0 Å². The maximum absolute atomic E-state index is 12.1. The zero-order valence-corrected chi connectivity index (χ0v) is 12.4. The number of hydrogen-bond donors (Lipinski definition) is 4. The summed E-state index contributed by atoms with van der Waals surface area (Å²) in [6.45, 7) is 0. The average Bonchev–Trinajstić information content (AvgIpc) is 2.78. The lowest BCUT2D eigenvalue weighted by molar-refractivity contribution is -0.148. The molecule has 118 valence electrons. The van der Waals surface area contributed by atoms with Crippen molar-refractivity contribution in [3.05, 3.63) is 0 Å². The van der Waals surface area contributed by atoms with Crippen LogP contribution in [-0.4, -0.2) is 64.8 Å². The Hall–Kier alpha value is -2.08. The number of amidine groups is 2. The Balaban J connectivity index is 2.20. The van der Waals surface area contributed by atoms with Gasteiger partial charge < -0.3 is 10.2 Å². The minimum absolute atomic E-state index is 0.370. The van der Waals surface area contributed by atoms with E-state index in [-0.39, 0.29) is 10.3 Å². The van der Waals surface area contributed by atoms with Crippen molar-refractivity contribution < 1.29 is 29.4 Å². The van der Waals surface area contributed by atoms with E-state index in [9.17, 15) is 19.2 Å². The molecule has 10 nitrogen and oxygen atoms in total. The Labute approximate surface area is 131 Å². The number of thioether (sulfide) groups is 2. The third-order valence-electron chi connectivity index (χ3n) is 2.78. The molecule has 2 unspecified atom stereocenters.